The van der Waals surface area contributed by atoms with E-state index in [9.17, 15) is 4.79 Å². The molecule has 1 heterocycles. The Bertz CT molecular complexity index is 539. The molecule has 100 valence electrons. The third-order valence-corrected chi connectivity index (χ3v) is 2.52. The van der Waals surface area contributed by atoms with E-state index in [0.717, 1.165) is 5.56 Å². The molecule has 19 heavy (non-hydrogen) atoms. The van der Waals surface area contributed by atoms with Crippen LogP contribution in [0.1, 0.15) is 35.0 Å². The molecule has 6 heteroatoms. The van der Waals surface area contributed by atoms with Gasteiger partial charge < -0.3 is 15.0 Å². The van der Waals surface area contributed by atoms with Crippen molar-refractivity contribution in [2.75, 3.05) is 6.61 Å². The number of hydrogen-bond donors (Lipinski definition) is 1. The summed E-state index contributed by atoms with van der Waals surface area (Å²) in [4.78, 5) is 15.3. The van der Waals surface area contributed by atoms with Gasteiger partial charge in [0.25, 0.3) is 5.82 Å². The molecule has 0 aliphatic heterocycles. The third kappa shape index (κ3) is 3.38. The van der Waals surface area contributed by atoms with Gasteiger partial charge in [0.05, 0.1) is 12.6 Å². The minimum atomic E-state index is -0.607. The lowest BCUT2D eigenvalue weighted by Gasteiger charge is -2.05. The van der Waals surface area contributed by atoms with Crippen molar-refractivity contribution in [3.05, 3.63) is 47.6 Å². The molecule has 0 bridgehead atoms. The fraction of sp³-hybridized carbons (Fsp3) is 0.308. The maximum atomic E-state index is 11.4. The Morgan fingerprint density at radius 1 is 1.42 bits per heavy atom. The number of nitrogens with two attached hydrogens (primary N) is 1. The van der Waals surface area contributed by atoms with Gasteiger partial charge in [-0.15, -0.1) is 0 Å². The molecule has 0 unspecified atom stereocenters. The molecule has 0 aliphatic rings. The lowest BCUT2D eigenvalue weighted by Crippen LogP contribution is -2.14. The van der Waals surface area contributed by atoms with Crippen LogP contribution in [0, 0.1) is 0 Å². The third-order valence-electron chi connectivity index (χ3n) is 2.52. The van der Waals surface area contributed by atoms with E-state index in [4.69, 9.17) is 15.0 Å². The molecule has 2 aromatic rings. The van der Waals surface area contributed by atoms with Gasteiger partial charge in [-0.3, -0.25) is 0 Å². The van der Waals surface area contributed by atoms with E-state index in [0.29, 0.717) is 6.42 Å². The number of esters is 1. The summed E-state index contributed by atoms with van der Waals surface area (Å²) in [7, 11) is 0. The highest BCUT2D eigenvalue weighted by molar-refractivity contribution is 5.84. The van der Waals surface area contributed by atoms with Crippen molar-refractivity contribution in [2.24, 2.45) is 5.73 Å². The second-order valence-corrected chi connectivity index (χ2v) is 3.97. The highest BCUT2D eigenvalue weighted by Gasteiger charge is 2.19. The van der Waals surface area contributed by atoms with Crippen LogP contribution in [0.2, 0.25) is 0 Å². The van der Waals surface area contributed by atoms with Crippen molar-refractivity contribution < 1.29 is 14.1 Å². The molecule has 0 saturated heterocycles. The number of carbonyl (C=O) groups is 1. The molecule has 0 saturated carbocycles. The highest BCUT2D eigenvalue weighted by atomic mass is 16.5. The van der Waals surface area contributed by atoms with Crippen molar-refractivity contribution in [2.45, 2.75) is 19.4 Å². The van der Waals surface area contributed by atoms with Crippen LogP contribution in [0.4, 0.5) is 0 Å². The van der Waals surface area contributed by atoms with Crippen molar-refractivity contribution in [1.82, 2.24) is 10.1 Å². The first-order valence-corrected chi connectivity index (χ1v) is 6.01. The van der Waals surface area contributed by atoms with Crippen LogP contribution < -0.4 is 5.73 Å². The lowest BCUT2D eigenvalue weighted by molar-refractivity contribution is 0.0508. The van der Waals surface area contributed by atoms with Gasteiger partial charge in [-0.2, -0.15) is 4.98 Å². The lowest BCUT2D eigenvalue weighted by atomic mass is 10.1. The second kappa shape index (κ2) is 6.10. The van der Waals surface area contributed by atoms with Crippen LogP contribution >= 0.6 is 0 Å². The highest BCUT2D eigenvalue weighted by Crippen LogP contribution is 2.14. The largest absolute Gasteiger partial charge is 0.460 e. The van der Waals surface area contributed by atoms with Crippen LogP contribution in [0.15, 0.2) is 34.9 Å². The van der Waals surface area contributed by atoms with E-state index in [-0.39, 0.29) is 18.3 Å². The number of nitrogens with zero attached hydrogens (tertiary/aromatic N) is 2. The molecule has 1 aromatic heterocycles. The quantitative estimate of drug-likeness (QED) is 0.820. The topological polar surface area (TPSA) is 91.2 Å². The van der Waals surface area contributed by atoms with Gasteiger partial charge in [0, 0.05) is 0 Å². The Balaban J connectivity index is 2.04. The van der Waals surface area contributed by atoms with E-state index in [1.165, 1.54) is 0 Å². The first kappa shape index (κ1) is 13.2. The number of benzene rings is 1. The molecule has 2 N–H and O–H groups in total. The average molecular weight is 261 g/mol. The minimum Gasteiger partial charge on any atom is -0.460 e. The van der Waals surface area contributed by atoms with Crippen LogP contribution in [-0.2, 0) is 11.2 Å². The number of carbonyl (C=O) groups excluding carboxylic acids is 1. The Morgan fingerprint density at radius 3 is 2.84 bits per heavy atom. The van der Waals surface area contributed by atoms with Crippen LogP contribution in [0.5, 0.6) is 0 Å². The summed E-state index contributed by atoms with van der Waals surface area (Å²) < 4.78 is 9.75. The smallest absolute Gasteiger partial charge is 0.379 e. The first-order chi connectivity index (χ1) is 9.20. The fourth-order valence-electron chi connectivity index (χ4n) is 1.62. The predicted octanol–water partition coefficient (Wildman–Crippen LogP) is 1.49. The van der Waals surface area contributed by atoms with Gasteiger partial charge >= 0.3 is 5.97 Å². The number of aromatic nitrogens is 2. The molecule has 6 nitrogen and oxygen atoms in total. The van der Waals surface area contributed by atoms with Crippen molar-refractivity contribution >= 4 is 5.97 Å². The summed E-state index contributed by atoms with van der Waals surface area (Å²) in [5, 5.41) is 3.56. The van der Waals surface area contributed by atoms with Gasteiger partial charge in [-0.1, -0.05) is 30.3 Å². The standard InChI is InChI=1S/C13H15N3O3/c1-2-18-13(17)11-15-12(19-16-11)10(14)8-9-6-4-3-5-7-9/h3-7,10H,2,8,14H2,1H3/t10-/m1/s1. The normalized spacial score (nSPS) is 12.1. The fourth-order valence-corrected chi connectivity index (χ4v) is 1.62. The summed E-state index contributed by atoms with van der Waals surface area (Å²) in [6.07, 6.45) is 0.561. The molecule has 0 aliphatic carbocycles. The van der Waals surface area contributed by atoms with Gasteiger partial charge in [-0.25, -0.2) is 4.79 Å². The zero-order valence-electron chi connectivity index (χ0n) is 10.6. The number of rotatable bonds is 5. The van der Waals surface area contributed by atoms with Crippen molar-refractivity contribution in [3.8, 4) is 0 Å². The molecule has 1 atom stereocenters. The molecule has 0 fully saturated rings. The molecular weight excluding hydrogens is 246 g/mol. The first-order valence-electron chi connectivity index (χ1n) is 6.01. The molecule has 0 radical (unpaired) electrons. The molecular formula is C13H15N3O3. The van der Waals surface area contributed by atoms with Crippen LogP contribution in [0.25, 0.3) is 0 Å². The molecule has 0 amide bonds. The Kier molecular flexibility index (Phi) is 4.25. The van der Waals surface area contributed by atoms with E-state index < -0.39 is 12.0 Å². The molecule has 1 aromatic carbocycles. The SMILES string of the molecule is CCOC(=O)c1noc([C@H](N)Cc2ccccc2)n1. The van der Waals surface area contributed by atoms with Gasteiger partial charge in [0.1, 0.15) is 0 Å². The van der Waals surface area contributed by atoms with Crippen LogP contribution in [0.3, 0.4) is 0 Å². The predicted molar refractivity (Wildman–Crippen MR) is 67.3 cm³/mol. The zero-order valence-corrected chi connectivity index (χ0v) is 10.6. The summed E-state index contributed by atoms with van der Waals surface area (Å²) >= 11 is 0. The Hall–Kier alpha value is -2.21. The molecule has 0 spiro atoms. The summed E-state index contributed by atoms with van der Waals surface area (Å²) in [5.41, 5.74) is 7.03. The van der Waals surface area contributed by atoms with Crippen LogP contribution in [-0.4, -0.2) is 22.7 Å². The van der Waals surface area contributed by atoms with E-state index >= 15 is 0 Å². The van der Waals surface area contributed by atoms with Gasteiger partial charge in [0.2, 0.25) is 5.89 Å². The maximum absolute atomic E-state index is 11.4. The molecule has 2 rings (SSSR count). The van der Waals surface area contributed by atoms with E-state index in [2.05, 4.69) is 10.1 Å². The maximum Gasteiger partial charge on any atom is 0.379 e. The number of ether oxygens (including phenoxy) is 1. The Morgan fingerprint density at radius 2 is 2.16 bits per heavy atom. The van der Waals surface area contributed by atoms with E-state index in [1.54, 1.807) is 6.92 Å². The summed E-state index contributed by atoms with van der Waals surface area (Å²) in [6, 6.07) is 9.27. The van der Waals surface area contributed by atoms with Gasteiger partial charge in [0.15, 0.2) is 0 Å². The van der Waals surface area contributed by atoms with Crippen molar-refractivity contribution in [1.29, 1.82) is 0 Å². The monoisotopic (exact) mass is 261 g/mol. The average Bonchev–Trinajstić information content (AvgIpc) is 2.90. The minimum absolute atomic E-state index is 0.0969. The number of hydrogen-bond acceptors (Lipinski definition) is 6. The summed E-state index contributed by atoms with van der Waals surface area (Å²) in [5.74, 6) is -0.475. The summed E-state index contributed by atoms with van der Waals surface area (Å²) in [6.45, 7) is 1.97. The Labute approximate surface area is 110 Å². The zero-order chi connectivity index (χ0) is 13.7. The van der Waals surface area contributed by atoms with E-state index in [1.807, 2.05) is 30.3 Å². The van der Waals surface area contributed by atoms with Gasteiger partial charge in [-0.05, 0) is 24.1 Å². The second-order valence-electron chi connectivity index (χ2n) is 3.97. The van der Waals surface area contributed by atoms with Crippen molar-refractivity contribution in [3.63, 3.8) is 0 Å².